The van der Waals surface area contributed by atoms with E-state index in [9.17, 15) is 0 Å². The van der Waals surface area contributed by atoms with E-state index in [0.29, 0.717) is 0 Å². The number of benzene rings is 2. The Bertz CT molecular complexity index is 579. The predicted molar refractivity (Wildman–Crippen MR) is 93.8 cm³/mol. The monoisotopic (exact) mass is 310 g/mol. The maximum Gasteiger partial charge on any atom is 0.106 e. The van der Waals surface area contributed by atoms with Gasteiger partial charge in [0.1, 0.15) is 14.2 Å². The SMILES string of the molecule is CON=C(CCCC(=NOC)c1ccccc1)c1ccccc1. The molecule has 0 fully saturated rings. The highest BCUT2D eigenvalue weighted by Crippen LogP contribution is 2.12. The summed E-state index contributed by atoms with van der Waals surface area (Å²) in [5, 5.41) is 8.31. The molecule has 0 aliphatic carbocycles. The second kappa shape index (κ2) is 9.41. The number of nitrogens with zero attached hydrogens (tertiary/aromatic N) is 2. The first kappa shape index (κ1) is 16.7. The highest BCUT2D eigenvalue weighted by Gasteiger charge is 2.08. The van der Waals surface area contributed by atoms with Crippen molar-refractivity contribution in [2.45, 2.75) is 19.3 Å². The van der Waals surface area contributed by atoms with E-state index in [2.05, 4.69) is 10.3 Å². The molecule has 4 nitrogen and oxygen atoms in total. The summed E-state index contributed by atoms with van der Waals surface area (Å²) in [4.78, 5) is 9.96. The molecule has 0 radical (unpaired) electrons. The second-order valence-corrected chi connectivity index (χ2v) is 5.03. The molecule has 2 rings (SSSR count). The maximum absolute atomic E-state index is 4.98. The van der Waals surface area contributed by atoms with Crippen LogP contribution in [0.3, 0.4) is 0 Å². The van der Waals surface area contributed by atoms with Gasteiger partial charge in [-0.15, -0.1) is 0 Å². The van der Waals surface area contributed by atoms with Gasteiger partial charge in [0.25, 0.3) is 0 Å². The lowest BCUT2D eigenvalue weighted by atomic mass is 10.0. The van der Waals surface area contributed by atoms with E-state index < -0.39 is 0 Å². The summed E-state index contributed by atoms with van der Waals surface area (Å²) < 4.78 is 0. The molecule has 0 aliphatic heterocycles. The summed E-state index contributed by atoms with van der Waals surface area (Å²) in [6.45, 7) is 0. The minimum absolute atomic E-state index is 0.813. The van der Waals surface area contributed by atoms with Gasteiger partial charge in [-0.1, -0.05) is 71.0 Å². The van der Waals surface area contributed by atoms with Crippen molar-refractivity contribution in [2.75, 3.05) is 14.2 Å². The van der Waals surface area contributed by atoms with Crippen molar-refractivity contribution in [3.63, 3.8) is 0 Å². The molecule has 0 aliphatic rings. The molecule has 23 heavy (non-hydrogen) atoms. The Morgan fingerprint density at radius 3 is 1.43 bits per heavy atom. The Balaban J connectivity index is 2.01. The predicted octanol–water partition coefficient (Wildman–Crippen LogP) is 4.26. The zero-order valence-corrected chi connectivity index (χ0v) is 13.6. The minimum Gasteiger partial charge on any atom is -0.399 e. The van der Waals surface area contributed by atoms with Crippen molar-refractivity contribution in [1.29, 1.82) is 0 Å². The summed E-state index contributed by atoms with van der Waals surface area (Å²) in [7, 11) is 3.15. The Morgan fingerprint density at radius 2 is 1.09 bits per heavy atom. The third-order valence-corrected chi connectivity index (χ3v) is 3.44. The molecule has 2 aromatic rings. The van der Waals surface area contributed by atoms with Crippen LogP contribution in [-0.4, -0.2) is 25.6 Å². The largest absolute Gasteiger partial charge is 0.399 e. The van der Waals surface area contributed by atoms with Crippen LogP contribution in [0, 0.1) is 0 Å². The van der Waals surface area contributed by atoms with Gasteiger partial charge in [0.05, 0.1) is 11.4 Å². The fourth-order valence-corrected chi connectivity index (χ4v) is 2.39. The van der Waals surface area contributed by atoms with Crippen molar-refractivity contribution < 1.29 is 9.68 Å². The average Bonchev–Trinajstić information content (AvgIpc) is 2.61. The van der Waals surface area contributed by atoms with Crippen LogP contribution in [0.4, 0.5) is 0 Å². The van der Waals surface area contributed by atoms with Gasteiger partial charge in [-0.2, -0.15) is 0 Å². The van der Waals surface area contributed by atoms with E-state index in [4.69, 9.17) is 9.68 Å². The highest BCUT2D eigenvalue weighted by molar-refractivity contribution is 6.02. The summed E-state index contributed by atoms with van der Waals surface area (Å²) in [5.74, 6) is 0. The second-order valence-electron chi connectivity index (χ2n) is 5.03. The van der Waals surface area contributed by atoms with Crippen LogP contribution >= 0.6 is 0 Å². The van der Waals surface area contributed by atoms with Gasteiger partial charge in [0, 0.05) is 0 Å². The third-order valence-electron chi connectivity index (χ3n) is 3.44. The molecule has 0 aromatic heterocycles. The lowest BCUT2D eigenvalue weighted by Gasteiger charge is -2.08. The van der Waals surface area contributed by atoms with Crippen molar-refractivity contribution >= 4 is 11.4 Å². The molecule has 0 amide bonds. The summed E-state index contributed by atoms with van der Waals surface area (Å²) in [6, 6.07) is 20.2. The molecule has 0 spiro atoms. The lowest BCUT2D eigenvalue weighted by Crippen LogP contribution is -2.06. The number of rotatable bonds is 8. The Kier molecular flexibility index (Phi) is 6.85. The molecule has 0 bridgehead atoms. The summed E-state index contributed by atoms with van der Waals surface area (Å²) in [5.41, 5.74) is 4.05. The van der Waals surface area contributed by atoms with Crippen LogP contribution in [0.15, 0.2) is 71.0 Å². The van der Waals surface area contributed by atoms with Crippen LogP contribution in [0.2, 0.25) is 0 Å². The quantitative estimate of drug-likeness (QED) is 0.540. The van der Waals surface area contributed by atoms with E-state index in [1.165, 1.54) is 0 Å². The molecule has 120 valence electrons. The minimum atomic E-state index is 0.813. The maximum atomic E-state index is 4.98. The average molecular weight is 310 g/mol. The van der Waals surface area contributed by atoms with Gasteiger partial charge in [0.15, 0.2) is 0 Å². The standard InChI is InChI=1S/C19H22N2O2/c1-22-20-18(16-10-5-3-6-11-16)14-9-15-19(21-23-2)17-12-7-4-8-13-17/h3-8,10-13H,9,14-15H2,1-2H3. The first-order valence-corrected chi connectivity index (χ1v) is 7.66. The molecule has 0 atom stereocenters. The number of hydrogen-bond acceptors (Lipinski definition) is 4. The van der Waals surface area contributed by atoms with Crippen molar-refractivity contribution in [2.24, 2.45) is 10.3 Å². The van der Waals surface area contributed by atoms with Crippen LogP contribution in [0.5, 0.6) is 0 Å². The Morgan fingerprint density at radius 1 is 0.696 bits per heavy atom. The van der Waals surface area contributed by atoms with Crippen molar-refractivity contribution in [1.82, 2.24) is 0 Å². The summed E-state index contributed by atoms with van der Waals surface area (Å²) >= 11 is 0. The lowest BCUT2D eigenvalue weighted by molar-refractivity contribution is 0.212. The Hall–Kier alpha value is -2.62. The molecule has 4 heteroatoms. The van der Waals surface area contributed by atoms with E-state index >= 15 is 0 Å². The van der Waals surface area contributed by atoms with Gasteiger partial charge < -0.3 is 9.68 Å². The van der Waals surface area contributed by atoms with Gasteiger partial charge >= 0.3 is 0 Å². The van der Waals surface area contributed by atoms with E-state index in [1.807, 2.05) is 60.7 Å². The Labute approximate surface area is 137 Å². The molecule has 0 N–H and O–H groups in total. The van der Waals surface area contributed by atoms with Crippen molar-refractivity contribution in [3.05, 3.63) is 71.8 Å². The third kappa shape index (κ3) is 5.25. The normalized spacial score (nSPS) is 12.1. The number of oxime groups is 2. The van der Waals surface area contributed by atoms with Crippen LogP contribution in [0.1, 0.15) is 30.4 Å². The van der Waals surface area contributed by atoms with Gasteiger partial charge in [-0.05, 0) is 30.4 Å². The van der Waals surface area contributed by atoms with E-state index in [0.717, 1.165) is 41.8 Å². The molecular formula is C19H22N2O2. The number of hydrogen-bond donors (Lipinski definition) is 0. The zero-order chi connectivity index (χ0) is 16.3. The summed E-state index contributed by atoms with van der Waals surface area (Å²) in [6.07, 6.45) is 2.54. The molecule has 0 saturated carbocycles. The molecule has 0 heterocycles. The molecule has 2 aromatic carbocycles. The van der Waals surface area contributed by atoms with Crippen LogP contribution in [-0.2, 0) is 9.68 Å². The van der Waals surface area contributed by atoms with E-state index in [1.54, 1.807) is 14.2 Å². The molecular weight excluding hydrogens is 288 g/mol. The highest BCUT2D eigenvalue weighted by atomic mass is 16.6. The zero-order valence-electron chi connectivity index (χ0n) is 13.6. The van der Waals surface area contributed by atoms with Crippen molar-refractivity contribution in [3.8, 4) is 0 Å². The van der Waals surface area contributed by atoms with Gasteiger partial charge in [-0.25, -0.2) is 0 Å². The van der Waals surface area contributed by atoms with E-state index in [-0.39, 0.29) is 0 Å². The fourth-order valence-electron chi connectivity index (χ4n) is 2.39. The van der Waals surface area contributed by atoms with Crippen LogP contribution in [0.25, 0.3) is 0 Å². The smallest absolute Gasteiger partial charge is 0.106 e. The first-order chi connectivity index (χ1) is 11.3. The topological polar surface area (TPSA) is 43.2 Å². The van der Waals surface area contributed by atoms with Crippen LogP contribution < -0.4 is 0 Å². The first-order valence-electron chi connectivity index (χ1n) is 7.66. The van der Waals surface area contributed by atoms with Gasteiger partial charge in [0.2, 0.25) is 0 Å². The molecule has 0 saturated heterocycles. The molecule has 0 unspecified atom stereocenters. The van der Waals surface area contributed by atoms with Gasteiger partial charge in [-0.3, -0.25) is 0 Å². The fraction of sp³-hybridized carbons (Fsp3) is 0.263.